The summed E-state index contributed by atoms with van der Waals surface area (Å²) in [6.07, 6.45) is -0.662. The average Bonchev–Trinajstić information content (AvgIpc) is 3.47. The lowest BCUT2D eigenvalue weighted by Crippen LogP contribution is -2.53. The molecule has 2 aromatic carbocycles. The Morgan fingerprint density at radius 3 is 2.50 bits per heavy atom. The maximum atomic E-state index is 14.9. The van der Waals surface area contributed by atoms with Crippen LogP contribution in [0.25, 0.3) is 0 Å². The molecule has 0 spiro atoms. The number of nitrogens with one attached hydrogen (secondary N) is 1. The number of carboxylic acids is 1. The van der Waals surface area contributed by atoms with Crippen molar-refractivity contribution in [3.05, 3.63) is 88.2 Å². The molecule has 0 aliphatic carbocycles. The number of amides is 1. The smallest absolute Gasteiger partial charge is 0.407 e. The summed E-state index contributed by atoms with van der Waals surface area (Å²) in [5, 5.41) is 17.5. The van der Waals surface area contributed by atoms with Crippen LogP contribution >= 0.6 is 0 Å². The molecule has 3 heterocycles. The summed E-state index contributed by atoms with van der Waals surface area (Å²) in [4.78, 5) is 27.2. The molecular weight excluding hydrogens is 598 g/mol. The van der Waals surface area contributed by atoms with Crippen LogP contribution in [0.15, 0.2) is 48.5 Å². The molecule has 1 aromatic heterocycles. The summed E-state index contributed by atoms with van der Waals surface area (Å²) in [7, 11) is -3.90. The van der Waals surface area contributed by atoms with Crippen molar-refractivity contribution in [3.63, 3.8) is 0 Å². The molecule has 3 aromatic rings. The highest BCUT2D eigenvalue weighted by Gasteiger charge is 2.48. The van der Waals surface area contributed by atoms with Crippen molar-refractivity contribution in [2.45, 2.75) is 70.0 Å². The second-order valence-electron chi connectivity index (χ2n) is 12.1. The molecule has 236 valence electrons. The maximum absolute atomic E-state index is 14.9. The second kappa shape index (κ2) is 11.9. The molecule has 1 saturated heterocycles. The van der Waals surface area contributed by atoms with Gasteiger partial charge in [0.05, 0.1) is 30.3 Å². The van der Waals surface area contributed by atoms with E-state index in [2.05, 4.69) is 10.4 Å². The summed E-state index contributed by atoms with van der Waals surface area (Å²) in [5.41, 5.74) is 0.672. The van der Waals surface area contributed by atoms with E-state index in [1.165, 1.54) is 0 Å². The van der Waals surface area contributed by atoms with Crippen LogP contribution in [0.3, 0.4) is 0 Å². The molecule has 5 rings (SSSR count). The Morgan fingerprint density at radius 2 is 1.86 bits per heavy atom. The zero-order valence-corrected chi connectivity index (χ0v) is 25.5. The van der Waals surface area contributed by atoms with Crippen molar-refractivity contribution in [1.82, 2.24) is 19.4 Å². The van der Waals surface area contributed by atoms with E-state index in [0.717, 1.165) is 34.1 Å². The van der Waals surface area contributed by atoms with Crippen LogP contribution in [0.4, 0.5) is 13.6 Å². The number of hydrogen-bond acceptors (Lipinski definition) is 8. The molecule has 0 radical (unpaired) electrons. The highest BCUT2D eigenvalue weighted by atomic mass is 32.2. The van der Waals surface area contributed by atoms with Crippen molar-refractivity contribution in [2.75, 3.05) is 12.9 Å². The van der Waals surface area contributed by atoms with Crippen LogP contribution in [0.5, 0.6) is 0 Å². The second-order valence-corrected chi connectivity index (χ2v) is 13.9. The Hall–Kier alpha value is -3.88. The van der Waals surface area contributed by atoms with Crippen molar-refractivity contribution >= 4 is 22.1 Å². The van der Waals surface area contributed by atoms with Crippen molar-refractivity contribution in [2.24, 2.45) is 0 Å². The minimum atomic E-state index is -3.90. The first-order valence-corrected chi connectivity index (χ1v) is 15.9. The Labute approximate surface area is 253 Å². The van der Waals surface area contributed by atoms with Gasteiger partial charge in [-0.05, 0) is 51.0 Å². The van der Waals surface area contributed by atoms with Gasteiger partial charge in [-0.3, -0.25) is 9.69 Å². The number of fused-ring (bicyclic) bond motifs is 1. The maximum Gasteiger partial charge on any atom is 0.407 e. The third-order valence-electron chi connectivity index (χ3n) is 7.56. The summed E-state index contributed by atoms with van der Waals surface area (Å²) < 4.78 is 66.8. The summed E-state index contributed by atoms with van der Waals surface area (Å²) >= 11 is 0. The number of benzene rings is 2. The fourth-order valence-corrected chi connectivity index (χ4v) is 6.67. The lowest BCUT2D eigenvalue weighted by molar-refractivity contribution is -0.147. The largest absolute Gasteiger partial charge is 0.480 e. The van der Waals surface area contributed by atoms with Gasteiger partial charge < -0.3 is 19.9 Å². The predicted molar refractivity (Wildman–Crippen MR) is 154 cm³/mol. The molecule has 1 amide bonds. The van der Waals surface area contributed by atoms with E-state index in [4.69, 9.17) is 9.47 Å². The highest BCUT2D eigenvalue weighted by molar-refractivity contribution is 7.89. The third-order valence-corrected chi connectivity index (χ3v) is 8.49. The molecule has 11 nitrogen and oxygen atoms in total. The first-order chi connectivity index (χ1) is 20.6. The Morgan fingerprint density at radius 1 is 1.16 bits per heavy atom. The van der Waals surface area contributed by atoms with Crippen molar-refractivity contribution < 1.29 is 41.4 Å². The number of carbonyl (C=O) groups is 2. The van der Waals surface area contributed by atoms with Gasteiger partial charge >= 0.3 is 12.1 Å². The molecule has 14 heteroatoms. The number of rotatable bonds is 7. The molecular formula is C30H34F2N4O7S. The number of nitrogens with zero attached hydrogens (tertiary/aromatic N) is 3. The lowest BCUT2D eigenvalue weighted by atomic mass is 9.92. The Kier molecular flexibility index (Phi) is 8.53. The Balaban J connectivity index is 1.50. The lowest BCUT2D eigenvalue weighted by Gasteiger charge is -2.41. The van der Waals surface area contributed by atoms with Gasteiger partial charge in [0.15, 0.2) is 0 Å². The third kappa shape index (κ3) is 6.61. The topological polar surface area (TPSA) is 140 Å². The van der Waals surface area contributed by atoms with Crippen LogP contribution in [-0.2, 0) is 37.3 Å². The van der Waals surface area contributed by atoms with Crippen LogP contribution in [-0.4, -0.2) is 70.2 Å². The van der Waals surface area contributed by atoms with E-state index >= 15 is 0 Å². The van der Waals surface area contributed by atoms with Gasteiger partial charge in [-0.2, -0.15) is 9.19 Å². The monoisotopic (exact) mass is 632 g/mol. The molecule has 2 aliphatic heterocycles. The van der Waals surface area contributed by atoms with E-state index in [-0.39, 0.29) is 42.8 Å². The summed E-state index contributed by atoms with van der Waals surface area (Å²) in [6, 6.07) is 9.16. The van der Waals surface area contributed by atoms with Crippen LogP contribution in [0.2, 0.25) is 0 Å². The molecule has 0 saturated carbocycles. The van der Waals surface area contributed by atoms with E-state index in [1.807, 2.05) is 30.3 Å². The molecule has 2 N–H and O–H groups in total. The fourth-order valence-electron chi connectivity index (χ4n) is 5.86. The standard InChI is InChI=1S/C30H34F2N4O7S/c1-30(2,3)43-29(39)33-23-14-19(16-42-27(23)20-13-18(31)10-11-21(20)32)35-15-24-25(26(35)28(37)38)22(34-36(24)44(4,40)41)12-17-8-6-5-7-9-17/h5-11,13,19,23,26-27H,12,14-16H2,1-4H3,(H,33,39)(H,37,38)/t19-,23+,26?,27-/m1/s1. The molecule has 44 heavy (non-hydrogen) atoms. The van der Waals surface area contributed by atoms with E-state index < -0.39 is 63.6 Å². The summed E-state index contributed by atoms with van der Waals surface area (Å²) in [5.74, 6) is -2.65. The SMILES string of the molecule is CC(C)(C)OC(=O)N[C@H]1C[C@@H](N2Cc3c(c(Cc4ccccc4)nn3S(C)(=O)=O)C2C(=O)O)CO[C@@H]1c1cc(F)ccc1F. The quantitative estimate of drug-likeness (QED) is 0.397. The van der Waals surface area contributed by atoms with Gasteiger partial charge in [0.1, 0.15) is 29.4 Å². The minimum absolute atomic E-state index is 0.0637. The molecule has 4 atom stereocenters. The van der Waals surface area contributed by atoms with Crippen molar-refractivity contribution in [3.8, 4) is 0 Å². The predicted octanol–water partition coefficient (Wildman–Crippen LogP) is 3.92. The zero-order valence-electron chi connectivity index (χ0n) is 24.7. The number of aliphatic carboxylic acids is 1. The normalized spacial score (nSPS) is 22.4. The first kappa shape index (κ1) is 31.5. The van der Waals surface area contributed by atoms with Crippen LogP contribution in [0, 0.1) is 11.6 Å². The number of alkyl carbamates (subject to hydrolysis) is 1. The Bertz CT molecular complexity index is 1670. The van der Waals surface area contributed by atoms with Gasteiger partial charge in [0.25, 0.3) is 10.0 Å². The summed E-state index contributed by atoms with van der Waals surface area (Å²) in [6.45, 7) is 4.82. The van der Waals surface area contributed by atoms with Gasteiger partial charge in [0.2, 0.25) is 0 Å². The minimum Gasteiger partial charge on any atom is -0.480 e. The van der Waals surface area contributed by atoms with Crippen molar-refractivity contribution in [1.29, 1.82) is 0 Å². The average molecular weight is 633 g/mol. The first-order valence-electron chi connectivity index (χ1n) is 14.0. The van der Waals surface area contributed by atoms with Gasteiger partial charge in [0, 0.05) is 30.1 Å². The van der Waals surface area contributed by atoms with Crippen LogP contribution < -0.4 is 5.32 Å². The van der Waals surface area contributed by atoms with E-state index in [0.29, 0.717) is 5.69 Å². The van der Waals surface area contributed by atoms with Gasteiger partial charge in [-0.1, -0.05) is 30.3 Å². The molecule has 2 aliphatic rings. The zero-order chi connectivity index (χ0) is 32.0. The number of carbonyl (C=O) groups excluding carboxylic acids is 1. The van der Waals surface area contributed by atoms with Crippen LogP contribution in [0.1, 0.15) is 67.4 Å². The number of carboxylic acid groups (broad SMARTS) is 1. The highest BCUT2D eigenvalue weighted by Crippen LogP contribution is 2.42. The number of hydrogen-bond donors (Lipinski definition) is 2. The van der Waals surface area contributed by atoms with E-state index in [9.17, 15) is 31.9 Å². The molecule has 1 fully saturated rings. The number of ether oxygens (including phenoxy) is 2. The van der Waals surface area contributed by atoms with E-state index in [1.54, 1.807) is 25.7 Å². The van der Waals surface area contributed by atoms with Gasteiger partial charge in [-0.15, -0.1) is 0 Å². The number of halogens is 2. The number of aromatic nitrogens is 2. The fraction of sp³-hybridized carbons (Fsp3) is 0.433. The molecule has 1 unspecified atom stereocenters. The van der Waals surface area contributed by atoms with Gasteiger partial charge in [-0.25, -0.2) is 22.0 Å². The molecule has 0 bridgehead atoms.